The molecule has 1 aliphatic carbocycles. The standard InChI is InChI=1S/C21H23N3O.H2/c1-24(21(25)18-8-9-19-20(13-18)23-14-22-19)11-10-15-6-7-16-4-2-3-5-17(16)12-15;/h2-7,12,14,18H,8-11,13H2,1H3,(H,22,23);1H. The zero-order valence-electron chi connectivity index (χ0n) is 14.5. The van der Waals surface area contributed by atoms with Crippen LogP contribution in [0.5, 0.6) is 0 Å². The number of hydrogen-bond acceptors (Lipinski definition) is 2. The van der Waals surface area contributed by atoms with E-state index >= 15 is 0 Å². The molecule has 0 radical (unpaired) electrons. The number of amides is 1. The van der Waals surface area contributed by atoms with Gasteiger partial charge in [0.2, 0.25) is 5.91 Å². The predicted molar refractivity (Wildman–Crippen MR) is 102 cm³/mol. The number of hydrogen-bond donors (Lipinski definition) is 1. The molecule has 4 rings (SSSR count). The number of aryl methyl sites for hydroxylation is 1. The van der Waals surface area contributed by atoms with Crippen molar-refractivity contribution in [3.05, 3.63) is 65.7 Å². The Morgan fingerprint density at radius 1 is 1.28 bits per heavy atom. The lowest BCUT2D eigenvalue weighted by atomic mass is 9.89. The maximum Gasteiger partial charge on any atom is 0.225 e. The number of nitrogens with one attached hydrogen (secondary N) is 1. The van der Waals surface area contributed by atoms with Gasteiger partial charge in [0.1, 0.15) is 0 Å². The molecule has 1 atom stereocenters. The quantitative estimate of drug-likeness (QED) is 0.792. The summed E-state index contributed by atoms with van der Waals surface area (Å²) >= 11 is 0. The molecule has 1 amide bonds. The maximum atomic E-state index is 12.8. The summed E-state index contributed by atoms with van der Waals surface area (Å²) in [5.74, 6) is 0.329. The first kappa shape index (κ1) is 15.9. The highest BCUT2D eigenvalue weighted by molar-refractivity contribution is 5.83. The number of carbonyl (C=O) groups is 1. The molecule has 130 valence electrons. The highest BCUT2D eigenvalue weighted by Crippen LogP contribution is 2.24. The summed E-state index contributed by atoms with van der Waals surface area (Å²) in [4.78, 5) is 22.1. The minimum Gasteiger partial charge on any atom is -0.348 e. The SMILES string of the molecule is CN(CCc1ccc2ccccc2c1)C(=O)C1CCc2nc[nH]c2C1.[HH]. The number of aromatic amines is 1. The van der Waals surface area contributed by atoms with Gasteiger partial charge in [-0.05, 0) is 35.6 Å². The van der Waals surface area contributed by atoms with Gasteiger partial charge in [-0.2, -0.15) is 0 Å². The van der Waals surface area contributed by atoms with E-state index in [-0.39, 0.29) is 13.3 Å². The van der Waals surface area contributed by atoms with Crippen LogP contribution < -0.4 is 0 Å². The molecule has 1 heterocycles. The summed E-state index contributed by atoms with van der Waals surface area (Å²) in [5.41, 5.74) is 3.54. The minimum atomic E-state index is 0. The van der Waals surface area contributed by atoms with Gasteiger partial charge in [0.15, 0.2) is 0 Å². The van der Waals surface area contributed by atoms with Crippen LogP contribution in [0.3, 0.4) is 0 Å². The van der Waals surface area contributed by atoms with Crippen molar-refractivity contribution in [3.8, 4) is 0 Å². The second kappa shape index (κ2) is 6.71. The van der Waals surface area contributed by atoms with E-state index in [1.807, 2.05) is 11.9 Å². The van der Waals surface area contributed by atoms with Crippen LogP contribution in [0.2, 0.25) is 0 Å². The Labute approximate surface area is 149 Å². The second-order valence-corrected chi connectivity index (χ2v) is 6.96. The topological polar surface area (TPSA) is 49.0 Å². The van der Waals surface area contributed by atoms with E-state index in [2.05, 4.69) is 52.4 Å². The summed E-state index contributed by atoms with van der Waals surface area (Å²) in [5, 5.41) is 2.52. The number of H-pyrrole nitrogens is 1. The van der Waals surface area contributed by atoms with Crippen LogP contribution in [-0.4, -0.2) is 34.4 Å². The van der Waals surface area contributed by atoms with Crippen LogP contribution in [0.25, 0.3) is 10.8 Å². The number of carbonyl (C=O) groups excluding carboxylic acids is 1. The van der Waals surface area contributed by atoms with E-state index in [1.54, 1.807) is 6.33 Å². The van der Waals surface area contributed by atoms with E-state index in [1.165, 1.54) is 16.3 Å². The summed E-state index contributed by atoms with van der Waals surface area (Å²) in [7, 11) is 1.92. The average molecular weight is 335 g/mol. The van der Waals surface area contributed by atoms with Crippen LogP contribution in [0, 0.1) is 5.92 Å². The molecule has 25 heavy (non-hydrogen) atoms. The third-order valence-corrected chi connectivity index (χ3v) is 5.26. The van der Waals surface area contributed by atoms with Crippen molar-refractivity contribution in [1.82, 2.24) is 14.9 Å². The fourth-order valence-corrected chi connectivity index (χ4v) is 3.72. The summed E-state index contributed by atoms with van der Waals surface area (Å²) in [6.07, 6.45) is 5.20. The molecule has 0 saturated heterocycles. The van der Waals surface area contributed by atoms with E-state index < -0.39 is 0 Å². The first-order valence-electron chi connectivity index (χ1n) is 8.94. The number of imidazole rings is 1. The van der Waals surface area contributed by atoms with Gasteiger partial charge in [-0.25, -0.2) is 4.98 Å². The predicted octanol–water partition coefficient (Wildman–Crippen LogP) is 3.61. The molecule has 1 aromatic heterocycles. The van der Waals surface area contributed by atoms with Crippen LogP contribution in [0.15, 0.2) is 48.8 Å². The lowest BCUT2D eigenvalue weighted by Gasteiger charge is -2.26. The smallest absolute Gasteiger partial charge is 0.225 e. The van der Waals surface area contributed by atoms with Crippen molar-refractivity contribution in [3.63, 3.8) is 0 Å². The van der Waals surface area contributed by atoms with Gasteiger partial charge in [0, 0.05) is 33.1 Å². The number of benzene rings is 2. The molecule has 4 nitrogen and oxygen atoms in total. The van der Waals surface area contributed by atoms with Gasteiger partial charge in [-0.15, -0.1) is 0 Å². The maximum absolute atomic E-state index is 12.8. The van der Waals surface area contributed by atoms with E-state index in [0.717, 1.165) is 43.6 Å². The van der Waals surface area contributed by atoms with E-state index in [4.69, 9.17) is 0 Å². The monoisotopic (exact) mass is 335 g/mol. The Morgan fingerprint density at radius 3 is 3.00 bits per heavy atom. The zero-order valence-corrected chi connectivity index (χ0v) is 14.5. The Hall–Kier alpha value is -2.62. The largest absolute Gasteiger partial charge is 0.348 e. The Kier molecular flexibility index (Phi) is 4.26. The zero-order chi connectivity index (χ0) is 17.2. The van der Waals surface area contributed by atoms with Crippen molar-refractivity contribution in [2.45, 2.75) is 25.7 Å². The fourth-order valence-electron chi connectivity index (χ4n) is 3.72. The van der Waals surface area contributed by atoms with Crippen LogP contribution in [-0.2, 0) is 24.1 Å². The number of nitrogens with zero attached hydrogens (tertiary/aromatic N) is 2. The van der Waals surface area contributed by atoms with Crippen LogP contribution >= 0.6 is 0 Å². The summed E-state index contributed by atoms with van der Waals surface area (Å²) in [6.45, 7) is 0.753. The molecule has 4 heteroatoms. The normalized spacial score (nSPS) is 16.6. The van der Waals surface area contributed by atoms with Gasteiger partial charge >= 0.3 is 0 Å². The molecular weight excluding hydrogens is 310 g/mol. The Bertz CT molecular complexity index is 905. The summed E-state index contributed by atoms with van der Waals surface area (Å²) in [6, 6.07) is 14.9. The van der Waals surface area contributed by atoms with Gasteiger partial charge in [0.25, 0.3) is 0 Å². The van der Waals surface area contributed by atoms with Crippen molar-refractivity contribution in [2.75, 3.05) is 13.6 Å². The van der Waals surface area contributed by atoms with Gasteiger partial charge < -0.3 is 9.88 Å². The van der Waals surface area contributed by atoms with Crippen LogP contribution in [0.4, 0.5) is 0 Å². The highest BCUT2D eigenvalue weighted by Gasteiger charge is 2.28. The molecule has 2 aromatic carbocycles. The van der Waals surface area contributed by atoms with Gasteiger partial charge in [-0.3, -0.25) is 4.79 Å². The molecule has 3 aromatic rings. The third-order valence-electron chi connectivity index (χ3n) is 5.26. The van der Waals surface area contributed by atoms with Crippen molar-refractivity contribution < 1.29 is 6.22 Å². The second-order valence-electron chi connectivity index (χ2n) is 6.96. The van der Waals surface area contributed by atoms with Crippen molar-refractivity contribution in [2.24, 2.45) is 5.92 Å². The van der Waals surface area contributed by atoms with Crippen molar-refractivity contribution >= 4 is 16.7 Å². The Balaban J connectivity index is 0.00000196. The number of rotatable bonds is 4. The molecule has 1 unspecified atom stereocenters. The molecule has 1 aliphatic rings. The first-order valence-corrected chi connectivity index (χ1v) is 8.94. The van der Waals surface area contributed by atoms with Crippen molar-refractivity contribution in [1.29, 1.82) is 0 Å². The lowest BCUT2D eigenvalue weighted by Crippen LogP contribution is -2.37. The number of aromatic nitrogens is 2. The Morgan fingerprint density at radius 2 is 2.12 bits per heavy atom. The van der Waals surface area contributed by atoms with Crippen LogP contribution in [0.1, 0.15) is 24.8 Å². The third kappa shape index (κ3) is 3.29. The summed E-state index contributed by atoms with van der Waals surface area (Å²) < 4.78 is 0. The minimum absolute atomic E-state index is 0. The molecule has 0 saturated carbocycles. The molecule has 0 aliphatic heterocycles. The van der Waals surface area contributed by atoms with Gasteiger partial charge in [-0.1, -0.05) is 42.5 Å². The number of fused-ring (bicyclic) bond motifs is 2. The number of likely N-dealkylation sites (N-methyl/N-ethyl adjacent to an activating group) is 1. The first-order chi connectivity index (χ1) is 12.2. The molecule has 0 fully saturated rings. The fraction of sp³-hybridized carbons (Fsp3) is 0.333. The average Bonchev–Trinajstić information content (AvgIpc) is 3.13. The van der Waals surface area contributed by atoms with E-state index in [0.29, 0.717) is 0 Å². The molecule has 1 N–H and O–H groups in total. The van der Waals surface area contributed by atoms with Gasteiger partial charge in [0.05, 0.1) is 12.0 Å². The highest BCUT2D eigenvalue weighted by atomic mass is 16.2. The molecular formula is C21H25N3O. The van der Waals surface area contributed by atoms with E-state index in [9.17, 15) is 4.79 Å². The molecule has 0 bridgehead atoms. The molecule has 0 spiro atoms. The lowest BCUT2D eigenvalue weighted by molar-refractivity contribution is -0.134.